The van der Waals surface area contributed by atoms with E-state index < -0.39 is 11.7 Å². The van der Waals surface area contributed by atoms with Gasteiger partial charge >= 0.3 is 12.1 Å². The number of pyridine rings is 1. The Labute approximate surface area is 220 Å². The zero-order valence-electron chi connectivity index (χ0n) is 21.6. The summed E-state index contributed by atoms with van der Waals surface area (Å²) in [7, 11) is 0. The molecule has 2 aliphatic carbocycles. The molecule has 1 N–H and O–H groups in total. The van der Waals surface area contributed by atoms with Gasteiger partial charge in [0.1, 0.15) is 6.10 Å². The molecule has 1 saturated heterocycles. The van der Waals surface area contributed by atoms with Crippen molar-refractivity contribution < 1.29 is 27.5 Å². The van der Waals surface area contributed by atoms with Crippen LogP contribution in [0.5, 0.6) is 0 Å². The number of nitrogens with one attached hydrogen (secondary N) is 1. The third kappa shape index (κ3) is 5.22. The number of nitrogens with zero attached hydrogens (tertiary/aromatic N) is 1. The third-order valence-corrected chi connectivity index (χ3v) is 8.67. The molecule has 2 saturated carbocycles. The lowest BCUT2D eigenvalue weighted by atomic mass is 9.56. The highest BCUT2D eigenvalue weighted by Gasteiger charge is 2.54. The Morgan fingerprint density at radius 1 is 1.16 bits per heavy atom. The smallest absolute Gasteiger partial charge is 0.416 e. The molecule has 0 unspecified atom stereocenters. The average Bonchev–Trinajstić information content (AvgIpc) is 3.19. The molecule has 8 heteroatoms. The SMILES string of the molecule is CCNC(=O)[C@@H]1CC[C@@H]2[C@@H](C1)C[C@H]1C(=O)O[C@H](C)[C@H]1[C@H]2C=Cc1ccc(-c2cccc(C(F)(F)F)c2)cn1. The monoisotopic (exact) mass is 526 g/mol. The summed E-state index contributed by atoms with van der Waals surface area (Å²) in [6.07, 6.45) is 4.43. The van der Waals surface area contributed by atoms with Gasteiger partial charge in [0.05, 0.1) is 17.2 Å². The number of alkyl halides is 3. The van der Waals surface area contributed by atoms with Crippen molar-refractivity contribution in [2.24, 2.45) is 35.5 Å². The van der Waals surface area contributed by atoms with Crippen molar-refractivity contribution >= 4 is 18.0 Å². The van der Waals surface area contributed by atoms with Crippen LogP contribution in [0.1, 0.15) is 50.8 Å². The van der Waals surface area contributed by atoms with E-state index >= 15 is 0 Å². The molecule has 1 aliphatic heterocycles. The molecule has 5 rings (SSSR count). The van der Waals surface area contributed by atoms with Gasteiger partial charge in [0.25, 0.3) is 0 Å². The number of ether oxygens (including phenoxy) is 1. The van der Waals surface area contributed by atoms with Crippen LogP contribution in [0.15, 0.2) is 48.7 Å². The van der Waals surface area contributed by atoms with E-state index in [-0.39, 0.29) is 47.6 Å². The van der Waals surface area contributed by atoms with Crippen LogP contribution < -0.4 is 5.32 Å². The van der Waals surface area contributed by atoms with Gasteiger partial charge in [0, 0.05) is 30.1 Å². The first-order chi connectivity index (χ1) is 18.2. The summed E-state index contributed by atoms with van der Waals surface area (Å²) < 4.78 is 45.0. The maximum absolute atomic E-state index is 13.1. The Balaban J connectivity index is 1.36. The fourth-order valence-electron chi connectivity index (χ4n) is 6.93. The second kappa shape index (κ2) is 10.5. The maximum atomic E-state index is 13.1. The summed E-state index contributed by atoms with van der Waals surface area (Å²) in [5, 5.41) is 2.95. The summed E-state index contributed by atoms with van der Waals surface area (Å²) in [6.45, 7) is 4.50. The second-order valence-corrected chi connectivity index (χ2v) is 10.9. The topological polar surface area (TPSA) is 68.3 Å². The Bertz CT molecular complexity index is 1210. The first-order valence-corrected chi connectivity index (χ1v) is 13.5. The summed E-state index contributed by atoms with van der Waals surface area (Å²) in [4.78, 5) is 29.7. The van der Waals surface area contributed by atoms with Crippen LogP contribution in [-0.4, -0.2) is 29.5 Å². The van der Waals surface area contributed by atoms with E-state index in [1.807, 2.05) is 19.9 Å². The number of carbonyl (C=O) groups excluding carboxylic acids is 2. The van der Waals surface area contributed by atoms with Crippen molar-refractivity contribution in [3.63, 3.8) is 0 Å². The van der Waals surface area contributed by atoms with Crippen LogP contribution in [0.4, 0.5) is 13.2 Å². The van der Waals surface area contributed by atoms with Crippen molar-refractivity contribution in [2.45, 2.75) is 51.8 Å². The van der Waals surface area contributed by atoms with E-state index in [2.05, 4.69) is 16.4 Å². The van der Waals surface area contributed by atoms with E-state index in [4.69, 9.17) is 4.74 Å². The van der Waals surface area contributed by atoms with E-state index in [0.29, 0.717) is 29.3 Å². The summed E-state index contributed by atoms with van der Waals surface area (Å²) in [6, 6.07) is 8.80. The van der Waals surface area contributed by atoms with E-state index in [1.165, 1.54) is 6.07 Å². The van der Waals surface area contributed by atoms with Crippen molar-refractivity contribution in [2.75, 3.05) is 6.54 Å². The van der Waals surface area contributed by atoms with E-state index in [0.717, 1.165) is 37.8 Å². The lowest BCUT2D eigenvalue weighted by Crippen LogP contribution is -2.46. The first-order valence-electron chi connectivity index (χ1n) is 13.5. The van der Waals surface area contributed by atoms with Crippen LogP contribution in [0.2, 0.25) is 0 Å². The second-order valence-electron chi connectivity index (χ2n) is 10.9. The standard InChI is InChI=1S/C30H33F3N2O3/c1-3-34-28(36)19-8-11-24-21(13-19)15-26-27(17(2)38-29(26)37)25(24)12-10-23-9-7-20(16-35-23)18-5-4-6-22(14-18)30(31,32)33/h4-7,9-10,12,14,16-17,19,21,24-27H,3,8,11,13,15H2,1-2H3,(H,34,36)/t17-,19-,21+,24-,25+,26-,27+/m1/s1. The van der Waals surface area contributed by atoms with Crippen LogP contribution in [0, 0.1) is 35.5 Å². The Morgan fingerprint density at radius 2 is 1.97 bits per heavy atom. The number of esters is 1. The Hall–Kier alpha value is -3.16. The fraction of sp³-hybridized carbons (Fsp3) is 0.500. The van der Waals surface area contributed by atoms with Gasteiger partial charge in [0.15, 0.2) is 0 Å². The number of carbonyl (C=O) groups is 2. The lowest BCUT2D eigenvalue weighted by molar-refractivity contribution is -0.144. The Kier molecular flexibility index (Phi) is 7.34. The zero-order chi connectivity index (χ0) is 27.0. The average molecular weight is 527 g/mol. The van der Waals surface area contributed by atoms with E-state index in [9.17, 15) is 22.8 Å². The van der Waals surface area contributed by atoms with Gasteiger partial charge in [-0.2, -0.15) is 13.2 Å². The summed E-state index contributed by atoms with van der Waals surface area (Å²) in [5.41, 5.74) is 1.08. The molecule has 0 bridgehead atoms. The van der Waals surface area contributed by atoms with Crippen molar-refractivity contribution in [3.05, 3.63) is 59.9 Å². The van der Waals surface area contributed by atoms with E-state index in [1.54, 1.807) is 24.4 Å². The number of allylic oxidation sites excluding steroid dienone is 1. The molecule has 3 aliphatic rings. The molecule has 1 amide bonds. The molecule has 5 nitrogen and oxygen atoms in total. The third-order valence-electron chi connectivity index (χ3n) is 8.67. The minimum absolute atomic E-state index is 0.0164. The number of hydrogen-bond acceptors (Lipinski definition) is 4. The van der Waals surface area contributed by atoms with Gasteiger partial charge in [-0.15, -0.1) is 0 Å². The number of hydrogen-bond donors (Lipinski definition) is 1. The number of halogens is 3. The molecule has 7 atom stereocenters. The lowest BCUT2D eigenvalue weighted by Gasteiger charge is -2.47. The normalized spacial score (nSPS) is 31.0. The number of rotatable bonds is 5. The van der Waals surface area contributed by atoms with Gasteiger partial charge in [-0.05, 0) is 87.1 Å². The van der Waals surface area contributed by atoms with Crippen LogP contribution in [0.3, 0.4) is 0 Å². The molecule has 2 heterocycles. The Morgan fingerprint density at radius 3 is 2.68 bits per heavy atom. The molecular weight excluding hydrogens is 493 g/mol. The molecule has 1 aromatic carbocycles. The highest BCUT2D eigenvalue weighted by atomic mass is 19.4. The molecule has 202 valence electrons. The summed E-state index contributed by atoms with van der Waals surface area (Å²) >= 11 is 0. The van der Waals surface area contributed by atoms with Gasteiger partial charge in [0.2, 0.25) is 5.91 Å². The van der Waals surface area contributed by atoms with Crippen molar-refractivity contribution in [3.8, 4) is 11.1 Å². The van der Waals surface area contributed by atoms with Crippen molar-refractivity contribution in [1.29, 1.82) is 0 Å². The number of cyclic esters (lactones) is 1. The number of fused-ring (bicyclic) bond motifs is 2. The molecule has 0 radical (unpaired) electrons. The zero-order valence-corrected chi connectivity index (χ0v) is 21.6. The molecule has 38 heavy (non-hydrogen) atoms. The highest BCUT2D eigenvalue weighted by molar-refractivity contribution is 5.79. The number of benzene rings is 1. The van der Waals surface area contributed by atoms with Gasteiger partial charge < -0.3 is 10.1 Å². The molecule has 3 fully saturated rings. The van der Waals surface area contributed by atoms with Gasteiger partial charge in [-0.1, -0.05) is 24.3 Å². The highest BCUT2D eigenvalue weighted by Crippen LogP contribution is 2.54. The fourth-order valence-corrected chi connectivity index (χ4v) is 6.93. The summed E-state index contributed by atoms with van der Waals surface area (Å²) in [5.74, 6) is 0.643. The molecular formula is C30H33F3N2O3. The van der Waals surface area contributed by atoms with Gasteiger partial charge in [-0.25, -0.2) is 0 Å². The first kappa shape index (κ1) is 26.4. The van der Waals surface area contributed by atoms with Crippen molar-refractivity contribution in [1.82, 2.24) is 10.3 Å². The predicted octanol–water partition coefficient (Wildman–Crippen LogP) is 6.15. The predicted molar refractivity (Wildman–Crippen MR) is 137 cm³/mol. The number of aromatic nitrogens is 1. The molecule has 2 aromatic rings. The van der Waals surface area contributed by atoms with Crippen LogP contribution in [-0.2, 0) is 20.5 Å². The van der Waals surface area contributed by atoms with Crippen LogP contribution >= 0.6 is 0 Å². The van der Waals surface area contributed by atoms with Gasteiger partial charge in [-0.3, -0.25) is 14.6 Å². The number of amides is 1. The maximum Gasteiger partial charge on any atom is 0.416 e. The quantitative estimate of drug-likeness (QED) is 0.475. The van der Waals surface area contributed by atoms with Crippen LogP contribution in [0.25, 0.3) is 17.2 Å². The minimum Gasteiger partial charge on any atom is -0.462 e. The molecule has 0 spiro atoms. The molecule has 1 aromatic heterocycles. The largest absolute Gasteiger partial charge is 0.462 e. The minimum atomic E-state index is -4.40.